The van der Waals surface area contributed by atoms with Gasteiger partial charge < -0.3 is 29.6 Å². The number of hydrogen-bond acceptors (Lipinski definition) is 7. The maximum absolute atomic E-state index is 11.9. The second-order valence-electron chi connectivity index (χ2n) is 6.45. The third-order valence-corrected chi connectivity index (χ3v) is 3.04. The van der Waals surface area contributed by atoms with Crippen LogP contribution in [0.25, 0.3) is 0 Å². The predicted molar refractivity (Wildman–Crippen MR) is 98.0 cm³/mol. The molecule has 0 fully saturated rings. The minimum absolute atomic E-state index is 0.0433. The van der Waals surface area contributed by atoms with Crippen LogP contribution in [0.1, 0.15) is 27.2 Å². The zero-order valence-corrected chi connectivity index (χ0v) is 16.2. The highest BCUT2D eigenvalue weighted by Gasteiger charge is 2.16. The molecule has 0 saturated heterocycles. The standard InChI is InChI=1S/C18H26N2O7/c1-18(2,3)27-17(23)19-9-8-16(22)26-11-15(21)20-13-7-6-12(24-4)10-14(13)25-5/h6-7,10H,8-9,11H2,1-5H3,(H,19,23)(H,20,21). The highest BCUT2D eigenvalue weighted by molar-refractivity contribution is 5.94. The lowest BCUT2D eigenvalue weighted by molar-refractivity contribution is -0.147. The summed E-state index contributed by atoms with van der Waals surface area (Å²) < 4.78 is 20.1. The number of benzene rings is 1. The third kappa shape index (κ3) is 8.80. The summed E-state index contributed by atoms with van der Waals surface area (Å²) in [5, 5.41) is 5.01. The van der Waals surface area contributed by atoms with Gasteiger partial charge in [0, 0.05) is 12.6 Å². The van der Waals surface area contributed by atoms with Gasteiger partial charge in [-0.2, -0.15) is 0 Å². The van der Waals surface area contributed by atoms with Gasteiger partial charge in [-0.25, -0.2) is 4.79 Å². The smallest absolute Gasteiger partial charge is 0.407 e. The van der Waals surface area contributed by atoms with Gasteiger partial charge in [-0.05, 0) is 32.9 Å². The van der Waals surface area contributed by atoms with Crippen molar-refractivity contribution >= 4 is 23.7 Å². The Balaban J connectivity index is 2.36. The Morgan fingerprint density at radius 2 is 1.78 bits per heavy atom. The lowest BCUT2D eigenvalue weighted by atomic mass is 10.2. The molecule has 0 aliphatic carbocycles. The van der Waals surface area contributed by atoms with Crippen LogP contribution in [0.2, 0.25) is 0 Å². The molecule has 1 aromatic carbocycles. The molecule has 0 unspecified atom stereocenters. The molecule has 0 aliphatic heterocycles. The number of alkyl carbamates (subject to hydrolysis) is 1. The van der Waals surface area contributed by atoms with Gasteiger partial charge >= 0.3 is 12.1 Å². The van der Waals surface area contributed by atoms with Crippen LogP contribution in [0.4, 0.5) is 10.5 Å². The number of methoxy groups -OCH3 is 2. The van der Waals surface area contributed by atoms with Gasteiger partial charge in [-0.1, -0.05) is 0 Å². The molecule has 2 amide bonds. The number of amides is 2. The first-order valence-electron chi connectivity index (χ1n) is 8.29. The molecule has 27 heavy (non-hydrogen) atoms. The van der Waals surface area contributed by atoms with E-state index in [0.29, 0.717) is 17.2 Å². The fraction of sp³-hybridized carbons (Fsp3) is 0.500. The van der Waals surface area contributed by atoms with Crippen LogP contribution >= 0.6 is 0 Å². The monoisotopic (exact) mass is 382 g/mol. The lowest BCUT2D eigenvalue weighted by Crippen LogP contribution is -2.34. The number of anilines is 1. The first kappa shape index (κ1) is 22.1. The van der Waals surface area contributed by atoms with Crippen LogP contribution < -0.4 is 20.1 Å². The lowest BCUT2D eigenvalue weighted by Gasteiger charge is -2.19. The average Bonchev–Trinajstić information content (AvgIpc) is 2.58. The van der Waals surface area contributed by atoms with Crippen LogP contribution in [0, 0.1) is 0 Å². The van der Waals surface area contributed by atoms with Crippen molar-refractivity contribution in [3.63, 3.8) is 0 Å². The van der Waals surface area contributed by atoms with Gasteiger partial charge in [0.2, 0.25) is 0 Å². The Morgan fingerprint density at radius 1 is 1.07 bits per heavy atom. The molecule has 0 aliphatic rings. The summed E-state index contributed by atoms with van der Waals surface area (Å²) in [7, 11) is 2.98. The van der Waals surface area contributed by atoms with Crippen molar-refractivity contribution in [1.29, 1.82) is 0 Å². The Kier molecular flexibility index (Phi) is 8.37. The topological polar surface area (TPSA) is 112 Å². The molecule has 0 heterocycles. The van der Waals surface area contributed by atoms with Crippen LogP contribution in [0.5, 0.6) is 11.5 Å². The Labute approximate surface area is 158 Å². The first-order valence-corrected chi connectivity index (χ1v) is 8.29. The van der Waals surface area contributed by atoms with E-state index in [-0.39, 0.29) is 13.0 Å². The van der Waals surface area contributed by atoms with E-state index in [1.54, 1.807) is 39.0 Å². The van der Waals surface area contributed by atoms with E-state index < -0.39 is 30.2 Å². The first-order chi connectivity index (χ1) is 12.6. The van der Waals surface area contributed by atoms with Crippen molar-refractivity contribution in [2.24, 2.45) is 0 Å². The Bertz CT molecular complexity index is 668. The maximum Gasteiger partial charge on any atom is 0.407 e. The average molecular weight is 382 g/mol. The molecule has 0 spiro atoms. The third-order valence-electron chi connectivity index (χ3n) is 3.04. The number of hydrogen-bond donors (Lipinski definition) is 2. The zero-order valence-electron chi connectivity index (χ0n) is 16.2. The number of rotatable bonds is 8. The van der Waals surface area contributed by atoms with E-state index in [1.165, 1.54) is 14.2 Å². The second-order valence-corrected chi connectivity index (χ2v) is 6.45. The molecule has 150 valence electrons. The van der Waals surface area contributed by atoms with Gasteiger partial charge in [-0.15, -0.1) is 0 Å². The highest BCUT2D eigenvalue weighted by atomic mass is 16.6. The number of ether oxygens (including phenoxy) is 4. The van der Waals surface area contributed by atoms with Gasteiger partial charge in [0.25, 0.3) is 5.91 Å². The normalized spacial score (nSPS) is 10.6. The maximum atomic E-state index is 11.9. The number of nitrogens with one attached hydrogen (secondary N) is 2. The summed E-state index contributed by atoms with van der Waals surface area (Å²) in [6, 6.07) is 4.89. The summed E-state index contributed by atoms with van der Waals surface area (Å²) in [5.41, 5.74) is -0.198. The molecule has 0 radical (unpaired) electrons. The molecule has 1 aromatic rings. The van der Waals surface area contributed by atoms with E-state index in [2.05, 4.69) is 10.6 Å². The van der Waals surface area contributed by atoms with Gasteiger partial charge in [-0.3, -0.25) is 9.59 Å². The Morgan fingerprint density at radius 3 is 2.37 bits per heavy atom. The molecule has 9 nitrogen and oxygen atoms in total. The molecule has 0 bridgehead atoms. The van der Waals surface area contributed by atoms with Crippen molar-refractivity contribution in [3.8, 4) is 11.5 Å². The summed E-state index contributed by atoms with van der Waals surface area (Å²) >= 11 is 0. The fourth-order valence-electron chi connectivity index (χ4n) is 1.89. The minimum atomic E-state index is -0.625. The number of carbonyl (C=O) groups is 3. The van der Waals surface area contributed by atoms with Crippen molar-refractivity contribution in [2.75, 3.05) is 32.7 Å². The molecule has 0 aromatic heterocycles. The van der Waals surface area contributed by atoms with Crippen molar-refractivity contribution < 1.29 is 33.3 Å². The van der Waals surface area contributed by atoms with Crippen LogP contribution in [0.3, 0.4) is 0 Å². The van der Waals surface area contributed by atoms with E-state index in [1.807, 2.05) is 0 Å². The van der Waals surface area contributed by atoms with E-state index >= 15 is 0 Å². The fourth-order valence-corrected chi connectivity index (χ4v) is 1.89. The second kappa shape index (κ2) is 10.2. The van der Waals surface area contributed by atoms with E-state index in [4.69, 9.17) is 18.9 Å². The van der Waals surface area contributed by atoms with Gasteiger partial charge in [0.1, 0.15) is 17.1 Å². The predicted octanol–water partition coefficient (Wildman–Crippen LogP) is 2.10. The number of carbonyl (C=O) groups excluding carboxylic acids is 3. The van der Waals surface area contributed by atoms with Gasteiger partial charge in [0.15, 0.2) is 6.61 Å². The van der Waals surface area contributed by atoms with Crippen LogP contribution in [-0.2, 0) is 19.1 Å². The largest absolute Gasteiger partial charge is 0.497 e. The quantitative estimate of drug-likeness (QED) is 0.662. The molecular formula is C18H26N2O7. The van der Waals surface area contributed by atoms with Crippen molar-refractivity contribution in [1.82, 2.24) is 5.32 Å². The molecule has 2 N–H and O–H groups in total. The van der Waals surface area contributed by atoms with Crippen LogP contribution in [-0.4, -0.2) is 50.9 Å². The molecular weight excluding hydrogens is 356 g/mol. The van der Waals surface area contributed by atoms with Gasteiger partial charge in [0.05, 0.1) is 26.3 Å². The van der Waals surface area contributed by atoms with E-state index in [9.17, 15) is 14.4 Å². The molecule has 0 saturated carbocycles. The minimum Gasteiger partial charge on any atom is -0.497 e. The van der Waals surface area contributed by atoms with Crippen molar-refractivity contribution in [3.05, 3.63) is 18.2 Å². The van der Waals surface area contributed by atoms with E-state index in [0.717, 1.165) is 0 Å². The summed E-state index contributed by atoms with van der Waals surface area (Å²) in [6.45, 7) is 4.79. The SMILES string of the molecule is COc1ccc(NC(=O)COC(=O)CCNC(=O)OC(C)(C)C)c(OC)c1. The highest BCUT2D eigenvalue weighted by Crippen LogP contribution is 2.28. The molecule has 9 heteroatoms. The van der Waals surface area contributed by atoms with Crippen molar-refractivity contribution in [2.45, 2.75) is 32.8 Å². The molecule has 1 rings (SSSR count). The zero-order chi connectivity index (χ0) is 20.4. The molecule has 0 atom stereocenters. The Hall–Kier alpha value is -2.97. The summed E-state index contributed by atoms with van der Waals surface area (Å²) in [5.74, 6) is -0.154. The number of esters is 1. The van der Waals surface area contributed by atoms with Crippen LogP contribution in [0.15, 0.2) is 18.2 Å². The summed E-state index contributed by atoms with van der Waals surface area (Å²) in [4.78, 5) is 35.0. The summed E-state index contributed by atoms with van der Waals surface area (Å²) in [6.07, 6.45) is -0.710.